The van der Waals surface area contributed by atoms with Crippen LogP contribution in [-0.2, 0) is 48.3 Å². The first-order valence-electron chi connectivity index (χ1n) is 9.38. The fourth-order valence-corrected chi connectivity index (χ4v) is 7.03. The zero-order valence-electron chi connectivity index (χ0n) is 17.7. The number of hydrogen-bond donors (Lipinski definition) is 6. The number of imidazole rings is 1. The van der Waals surface area contributed by atoms with Gasteiger partial charge in [0.1, 0.15) is 30.2 Å². The van der Waals surface area contributed by atoms with E-state index in [1.807, 2.05) is 0 Å². The number of aromatic nitrogens is 4. The summed E-state index contributed by atoms with van der Waals surface area (Å²) in [6.07, 6.45) is -2.15. The van der Waals surface area contributed by atoms with Crippen molar-refractivity contribution < 1.29 is 61.2 Å². The summed E-state index contributed by atoms with van der Waals surface area (Å²) >= 11 is 4.58. The number of nitrogens with zero attached hydrogens (tertiary/aromatic N) is 4. The molecular formula is C13H22N5O13P3S. The van der Waals surface area contributed by atoms with Crippen molar-refractivity contribution in [3.8, 4) is 0 Å². The van der Waals surface area contributed by atoms with Crippen molar-refractivity contribution >= 4 is 51.2 Å². The van der Waals surface area contributed by atoms with Gasteiger partial charge in [0.15, 0.2) is 17.7 Å². The van der Waals surface area contributed by atoms with E-state index >= 15 is 0 Å². The van der Waals surface area contributed by atoms with E-state index in [1.165, 1.54) is 24.3 Å². The number of anilines is 1. The first-order chi connectivity index (χ1) is 16.2. The van der Waals surface area contributed by atoms with E-state index in [0.29, 0.717) is 0 Å². The number of phosphoric acid groups is 2. The lowest BCUT2D eigenvalue weighted by Crippen LogP contribution is -2.36. The molecule has 1 saturated heterocycles. The molecule has 0 amide bonds. The number of hydrogen-bond acceptors (Lipinski definition) is 14. The second kappa shape index (κ2) is 11.2. The van der Waals surface area contributed by atoms with E-state index in [0.717, 1.165) is 0 Å². The van der Waals surface area contributed by atoms with Crippen LogP contribution >= 0.6 is 22.4 Å². The Hall–Kier alpha value is -0.980. The summed E-state index contributed by atoms with van der Waals surface area (Å²) in [5.41, 5.74) is 6.34. The van der Waals surface area contributed by atoms with Gasteiger partial charge >= 0.3 is 22.4 Å². The molecule has 198 valence electrons. The van der Waals surface area contributed by atoms with Gasteiger partial charge in [0, 0.05) is 7.11 Å². The third kappa shape index (κ3) is 7.52. The van der Waals surface area contributed by atoms with Crippen molar-refractivity contribution in [1.82, 2.24) is 19.5 Å². The van der Waals surface area contributed by atoms with E-state index in [1.54, 1.807) is 0 Å². The number of rotatable bonds is 12. The minimum absolute atomic E-state index is 0.0594. The molecule has 22 heteroatoms. The van der Waals surface area contributed by atoms with Gasteiger partial charge in [-0.15, -0.1) is 0 Å². The Morgan fingerprint density at radius 2 is 1.89 bits per heavy atom. The van der Waals surface area contributed by atoms with Crippen LogP contribution in [0.4, 0.5) is 5.82 Å². The van der Waals surface area contributed by atoms with E-state index in [2.05, 4.69) is 35.4 Å². The maximum atomic E-state index is 11.7. The molecular weight excluding hydrogens is 559 g/mol. The van der Waals surface area contributed by atoms with Crippen LogP contribution in [0.1, 0.15) is 6.23 Å². The van der Waals surface area contributed by atoms with E-state index in [4.69, 9.17) is 34.3 Å². The molecule has 1 aliphatic rings. The fraction of sp³-hybridized carbons (Fsp3) is 0.615. The quantitative estimate of drug-likeness (QED) is 0.132. The Kier molecular flexibility index (Phi) is 9.14. The van der Waals surface area contributed by atoms with Gasteiger partial charge in [0.05, 0.1) is 26.1 Å². The number of aliphatic hydroxyl groups excluding tert-OH is 1. The standard InChI is InChI=1S/C13H22N5O13P3S/c1-26-2-3-27-10-9(19)7(4-28-34(25,35)31-33(23,24)30-32(20,21)22)29-13(10)18-6-17-8-11(14)15-5-16-12(8)18/h5-7,9-10,13,19H,2-4H2,1H3,(H,23,24)(H,25,35)(H2,14,15,16)(H2,20,21,22)/t7-,9-,10-,13-,34?/m1/s1. The smallest absolute Gasteiger partial charge is 0.387 e. The molecule has 0 saturated carbocycles. The van der Waals surface area contributed by atoms with Crippen molar-refractivity contribution in [2.75, 3.05) is 32.7 Å². The predicted molar refractivity (Wildman–Crippen MR) is 118 cm³/mol. The number of nitrogens with two attached hydrogens (primary N) is 1. The molecule has 2 aromatic rings. The first-order valence-corrected chi connectivity index (χ1v) is 15.0. The van der Waals surface area contributed by atoms with Crippen LogP contribution in [0.25, 0.3) is 11.2 Å². The molecule has 7 N–H and O–H groups in total. The second-order valence-corrected chi connectivity index (χ2v) is 12.7. The number of aliphatic hydroxyl groups is 1. The highest BCUT2D eigenvalue weighted by molar-refractivity contribution is 8.08. The summed E-state index contributed by atoms with van der Waals surface area (Å²) in [6.45, 7) is -5.04. The summed E-state index contributed by atoms with van der Waals surface area (Å²) in [6, 6.07) is 0. The molecule has 0 aliphatic carbocycles. The van der Waals surface area contributed by atoms with Crippen molar-refractivity contribution in [1.29, 1.82) is 0 Å². The van der Waals surface area contributed by atoms with Crippen LogP contribution < -0.4 is 5.73 Å². The van der Waals surface area contributed by atoms with Gasteiger partial charge in [-0.25, -0.2) is 28.4 Å². The maximum Gasteiger partial charge on any atom is 0.488 e. The number of ether oxygens (including phenoxy) is 3. The van der Waals surface area contributed by atoms with E-state index in [-0.39, 0.29) is 30.2 Å². The Morgan fingerprint density at radius 1 is 1.17 bits per heavy atom. The number of methoxy groups -OCH3 is 1. The largest absolute Gasteiger partial charge is 0.488 e. The molecule has 18 nitrogen and oxygen atoms in total. The number of fused-ring (bicyclic) bond motifs is 1. The highest BCUT2D eigenvalue weighted by atomic mass is 32.5. The molecule has 2 unspecified atom stereocenters. The molecule has 3 heterocycles. The minimum atomic E-state index is -5.50. The molecule has 0 radical (unpaired) electrons. The summed E-state index contributed by atoms with van der Waals surface area (Å²) in [5, 5.41) is 10.8. The molecule has 2 aromatic heterocycles. The van der Waals surface area contributed by atoms with Crippen molar-refractivity contribution in [3.05, 3.63) is 12.7 Å². The average Bonchev–Trinajstić information content (AvgIpc) is 3.26. The summed E-state index contributed by atoms with van der Waals surface area (Å²) in [4.78, 5) is 48.8. The van der Waals surface area contributed by atoms with Crippen LogP contribution in [0, 0.1) is 0 Å². The third-order valence-corrected chi connectivity index (χ3v) is 9.11. The summed E-state index contributed by atoms with van der Waals surface area (Å²) in [7, 11) is -9.51. The monoisotopic (exact) mass is 581 g/mol. The van der Waals surface area contributed by atoms with Crippen molar-refractivity contribution in [2.24, 2.45) is 0 Å². The van der Waals surface area contributed by atoms with Crippen molar-refractivity contribution in [3.63, 3.8) is 0 Å². The van der Waals surface area contributed by atoms with Gasteiger partial charge in [0.2, 0.25) is 0 Å². The molecule has 0 bridgehead atoms. The van der Waals surface area contributed by atoms with Crippen LogP contribution in [0.5, 0.6) is 0 Å². The number of nitrogen functional groups attached to an aromatic ring is 1. The van der Waals surface area contributed by atoms with Gasteiger partial charge in [0.25, 0.3) is 0 Å². The van der Waals surface area contributed by atoms with Crippen LogP contribution in [0.15, 0.2) is 12.7 Å². The molecule has 1 fully saturated rings. The summed E-state index contributed by atoms with van der Waals surface area (Å²) < 4.78 is 53.0. The zero-order chi connectivity index (χ0) is 26.0. The van der Waals surface area contributed by atoms with E-state index in [9.17, 15) is 24.0 Å². The third-order valence-electron chi connectivity index (χ3n) is 4.39. The topological polar surface area (TPSA) is 260 Å². The van der Waals surface area contributed by atoms with Gasteiger partial charge in [-0.05, 0) is 11.8 Å². The molecule has 1 aliphatic heterocycles. The van der Waals surface area contributed by atoms with E-state index < -0.39 is 53.5 Å². The van der Waals surface area contributed by atoms with Crippen molar-refractivity contribution in [2.45, 2.75) is 24.5 Å². The molecule has 0 aromatic carbocycles. The molecule has 3 rings (SSSR count). The lowest BCUT2D eigenvalue weighted by Gasteiger charge is -2.22. The normalized spacial score (nSPS) is 26.6. The zero-order valence-corrected chi connectivity index (χ0v) is 21.2. The highest BCUT2D eigenvalue weighted by Crippen LogP contribution is 2.66. The predicted octanol–water partition coefficient (Wildman–Crippen LogP) is -0.842. The SMILES string of the molecule is COCCO[C@@H]1[C@H](O)[C@@H](COP(O)(=S)OP(=O)(O)OP(=O)(O)O)O[C@H]1n1cnc2c(N)ncnc21. The second-order valence-electron chi connectivity index (χ2n) is 6.85. The molecule has 0 spiro atoms. The maximum absolute atomic E-state index is 11.7. The molecule has 35 heavy (non-hydrogen) atoms. The first kappa shape index (κ1) is 28.6. The Labute approximate surface area is 202 Å². The van der Waals surface area contributed by atoms with Gasteiger partial charge in [-0.3, -0.25) is 4.57 Å². The Balaban J connectivity index is 1.77. The van der Waals surface area contributed by atoms with Gasteiger partial charge in [-0.2, -0.15) is 4.31 Å². The van der Waals surface area contributed by atoms with Crippen LogP contribution in [0.3, 0.4) is 0 Å². The minimum Gasteiger partial charge on any atom is -0.387 e. The highest BCUT2D eigenvalue weighted by Gasteiger charge is 2.47. The lowest BCUT2D eigenvalue weighted by molar-refractivity contribution is -0.0781. The fourth-order valence-electron chi connectivity index (χ4n) is 3.05. The van der Waals surface area contributed by atoms with Gasteiger partial charge < -0.3 is 49.1 Å². The Bertz CT molecular complexity index is 1180. The van der Waals surface area contributed by atoms with Crippen LogP contribution in [0.2, 0.25) is 0 Å². The average molecular weight is 581 g/mol. The summed E-state index contributed by atoms with van der Waals surface area (Å²) in [5.74, 6) is 0.105. The van der Waals surface area contributed by atoms with Gasteiger partial charge in [-0.1, -0.05) is 0 Å². The van der Waals surface area contributed by atoms with Crippen LogP contribution in [-0.4, -0.2) is 89.4 Å². The lowest BCUT2D eigenvalue weighted by atomic mass is 10.1. The molecule has 6 atom stereocenters. The Morgan fingerprint density at radius 3 is 2.54 bits per heavy atom.